The topological polar surface area (TPSA) is 326 Å². The zero-order chi connectivity index (χ0) is 30.7. The molecule has 0 amide bonds. The van der Waals surface area contributed by atoms with E-state index in [1.54, 1.807) is 0 Å². The van der Waals surface area contributed by atoms with E-state index < -0.39 is 82.0 Å². The average molecular weight is 684 g/mol. The maximum Gasteiger partial charge on any atom is 0.490 e. The molecule has 0 aromatic carbocycles. The second-order valence-electron chi connectivity index (χ2n) is 7.71. The van der Waals surface area contributed by atoms with Gasteiger partial charge in [-0.25, -0.2) is 27.6 Å². The van der Waals surface area contributed by atoms with Crippen molar-refractivity contribution < 1.29 is 83.4 Å². The number of ether oxygens (including phenoxy) is 1. The Balaban J connectivity index is 1.99. The van der Waals surface area contributed by atoms with Gasteiger partial charge in [0.25, 0.3) is 5.56 Å². The van der Waals surface area contributed by atoms with E-state index in [9.17, 15) is 62.0 Å². The Morgan fingerprint density at radius 2 is 1.38 bits per heavy atom. The van der Waals surface area contributed by atoms with Gasteiger partial charge in [0, 0.05) is 18.2 Å². The number of aliphatic hydroxyl groups excluding tert-OH is 1. The first-order valence-corrected chi connectivity index (χ1v) is 18.0. The molecular formula is C13H25N2O20P5. The number of aryl methyl sites for hydroxylation is 1. The van der Waals surface area contributed by atoms with Gasteiger partial charge in [0.05, 0.1) is 19.3 Å². The second kappa shape index (κ2) is 13.3. The summed E-state index contributed by atoms with van der Waals surface area (Å²) >= 11 is 0. The van der Waals surface area contributed by atoms with Crippen LogP contribution in [0.3, 0.4) is 0 Å². The minimum Gasteiger partial charge on any atom is -0.390 e. The smallest absolute Gasteiger partial charge is 0.390 e. The Morgan fingerprint density at radius 3 is 1.88 bits per heavy atom. The van der Waals surface area contributed by atoms with Crippen molar-refractivity contribution in [2.45, 2.75) is 45.1 Å². The molecule has 0 bridgehead atoms. The lowest BCUT2D eigenvalue weighted by Gasteiger charge is -2.21. The molecule has 40 heavy (non-hydrogen) atoms. The molecule has 2 heterocycles. The van der Waals surface area contributed by atoms with Crippen molar-refractivity contribution in [1.82, 2.24) is 9.55 Å². The quantitative estimate of drug-likeness (QED) is 0.124. The van der Waals surface area contributed by atoms with Crippen molar-refractivity contribution in [3.8, 4) is 0 Å². The molecule has 1 fully saturated rings. The summed E-state index contributed by atoms with van der Waals surface area (Å²) < 4.78 is 88.6. The number of hydrogen-bond acceptors (Lipinski definition) is 15. The molecule has 7 N–H and O–H groups in total. The Hall–Kier alpha value is -0.690. The molecule has 0 radical (unpaired) electrons. The molecule has 27 heteroatoms. The molecule has 0 saturated carbocycles. The third-order valence-corrected chi connectivity index (χ3v) is 11.9. The van der Waals surface area contributed by atoms with Crippen LogP contribution in [-0.2, 0) is 53.9 Å². The van der Waals surface area contributed by atoms with Crippen LogP contribution in [0.4, 0.5) is 0 Å². The van der Waals surface area contributed by atoms with E-state index in [4.69, 9.17) is 4.74 Å². The van der Waals surface area contributed by atoms with Crippen molar-refractivity contribution in [3.05, 3.63) is 32.6 Å². The lowest BCUT2D eigenvalue weighted by molar-refractivity contribution is -0.0450. The van der Waals surface area contributed by atoms with E-state index in [1.165, 1.54) is 13.8 Å². The van der Waals surface area contributed by atoms with Crippen molar-refractivity contribution >= 4 is 39.1 Å². The number of aromatic nitrogens is 2. The maximum absolute atomic E-state index is 12.1. The van der Waals surface area contributed by atoms with E-state index in [-0.39, 0.29) is 18.4 Å². The second-order valence-corrected chi connectivity index (χ2v) is 15.5. The van der Waals surface area contributed by atoms with Crippen molar-refractivity contribution in [3.63, 3.8) is 0 Å². The Morgan fingerprint density at radius 1 is 0.900 bits per heavy atom. The molecule has 0 spiro atoms. The van der Waals surface area contributed by atoms with Gasteiger partial charge in [-0.15, -0.1) is 0 Å². The molecular weight excluding hydrogens is 659 g/mol. The van der Waals surface area contributed by atoms with E-state index in [2.05, 4.69) is 26.3 Å². The summed E-state index contributed by atoms with van der Waals surface area (Å²) in [5.74, 6) is 0. The number of phosphoric ester groups is 2. The van der Waals surface area contributed by atoms with Crippen LogP contribution in [0.25, 0.3) is 0 Å². The zero-order valence-electron chi connectivity index (χ0n) is 20.2. The zero-order valence-corrected chi connectivity index (χ0v) is 24.7. The van der Waals surface area contributed by atoms with Crippen LogP contribution < -0.4 is 11.2 Å². The van der Waals surface area contributed by atoms with Gasteiger partial charge in [0.2, 0.25) is 0 Å². The van der Waals surface area contributed by atoms with Crippen LogP contribution in [0.1, 0.15) is 31.6 Å². The van der Waals surface area contributed by atoms with Crippen molar-refractivity contribution in [2.75, 3.05) is 13.2 Å². The van der Waals surface area contributed by atoms with Crippen LogP contribution in [0.2, 0.25) is 0 Å². The van der Waals surface area contributed by atoms with E-state index in [1.807, 2.05) is 4.98 Å². The standard InChI is InChI=1S/C13H25N2O20P5/c1-3-4-29-36(19,20)32-38(23,24)34-40(27,28)35-39(25,26)33-37(21,22)30-7-10-9(16)5-11(31-10)15-6-8(2)12(17)14-13(15)18/h6,9-11,16H,3-5,7H2,1-2H3,(H,19,20)(H,21,22)(H,23,24)(H,25,26)(H,27,28)(H,14,17,18)/t9-,10-,11-/m1/s1. The summed E-state index contributed by atoms with van der Waals surface area (Å²) in [6, 6.07) is 0. The fourth-order valence-corrected chi connectivity index (χ4v) is 9.28. The number of rotatable bonds is 15. The molecule has 1 aromatic heterocycles. The first-order chi connectivity index (χ1) is 18.1. The summed E-state index contributed by atoms with van der Waals surface area (Å²) in [6.45, 7) is 1.37. The van der Waals surface area contributed by atoms with E-state index in [0.717, 1.165) is 10.8 Å². The number of aromatic amines is 1. The van der Waals surface area contributed by atoms with E-state index in [0.29, 0.717) is 0 Å². The predicted octanol–water partition coefficient (Wildman–Crippen LogP) is 0.505. The van der Waals surface area contributed by atoms with Crippen LogP contribution >= 0.6 is 39.1 Å². The van der Waals surface area contributed by atoms with Gasteiger partial charge in [-0.1, -0.05) is 6.92 Å². The molecule has 2 rings (SSSR count). The summed E-state index contributed by atoms with van der Waals surface area (Å²) in [7, 11) is -29.4. The number of aliphatic hydroxyl groups is 1. The first-order valence-electron chi connectivity index (χ1n) is 10.5. The van der Waals surface area contributed by atoms with Crippen LogP contribution in [0, 0.1) is 6.92 Å². The summed E-state index contributed by atoms with van der Waals surface area (Å²) in [6.07, 6.45) is -3.05. The van der Waals surface area contributed by atoms with Gasteiger partial charge >= 0.3 is 44.8 Å². The molecule has 1 aliphatic heterocycles. The van der Waals surface area contributed by atoms with E-state index >= 15 is 0 Å². The molecule has 1 saturated heterocycles. The molecule has 22 nitrogen and oxygen atoms in total. The SMILES string of the molecule is CCCOP(=O)(O)OP(=O)(O)OP(=O)(O)OP(=O)(O)OP(=O)(O)OC[C@H]1O[C@@H](n2cc(C)c(=O)[nH]c2=O)C[C@H]1O. The Kier molecular flexibility index (Phi) is 11.8. The lowest BCUT2D eigenvalue weighted by atomic mass is 10.2. The van der Waals surface area contributed by atoms with Crippen molar-refractivity contribution in [1.29, 1.82) is 0 Å². The normalized spacial score (nSPS) is 27.1. The van der Waals surface area contributed by atoms with Gasteiger partial charge in [-0.3, -0.25) is 23.4 Å². The van der Waals surface area contributed by atoms with Gasteiger partial charge in [0.1, 0.15) is 12.3 Å². The van der Waals surface area contributed by atoms with Crippen molar-refractivity contribution in [2.24, 2.45) is 0 Å². The van der Waals surface area contributed by atoms with Gasteiger partial charge in [-0.05, 0) is 13.3 Å². The molecule has 8 atom stereocenters. The highest BCUT2D eigenvalue weighted by atomic mass is 31.3. The first kappa shape index (κ1) is 35.5. The molecule has 1 aromatic rings. The number of nitrogens with one attached hydrogen (secondary N) is 1. The van der Waals surface area contributed by atoms with Gasteiger partial charge in [-0.2, -0.15) is 17.2 Å². The largest absolute Gasteiger partial charge is 0.490 e. The number of H-pyrrole nitrogens is 1. The summed E-state index contributed by atoms with van der Waals surface area (Å²) in [5, 5.41) is 10.1. The Bertz CT molecular complexity index is 1420. The highest BCUT2D eigenvalue weighted by molar-refractivity contribution is 7.71. The van der Waals surface area contributed by atoms with Gasteiger partial charge in [0.15, 0.2) is 0 Å². The lowest BCUT2D eigenvalue weighted by Crippen LogP contribution is -2.33. The third kappa shape index (κ3) is 11.2. The summed E-state index contributed by atoms with van der Waals surface area (Å²) in [5.41, 5.74) is -1.45. The molecule has 1 aliphatic rings. The number of phosphoric acid groups is 5. The minimum absolute atomic E-state index is 0.119. The highest BCUT2D eigenvalue weighted by Crippen LogP contribution is 2.73. The number of hydrogen-bond donors (Lipinski definition) is 7. The number of nitrogens with zero attached hydrogens (tertiary/aromatic N) is 1. The highest BCUT2D eigenvalue weighted by Gasteiger charge is 2.48. The predicted molar refractivity (Wildman–Crippen MR) is 126 cm³/mol. The van der Waals surface area contributed by atoms with Gasteiger partial charge < -0.3 is 34.3 Å². The Labute approximate surface area is 223 Å². The minimum atomic E-state index is -6.21. The monoisotopic (exact) mass is 684 g/mol. The molecule has 232 valence electrons. The molecule has 5 unspecified atom stereocenters. The van der Waals surface area contributed by atoms with Crippen LogP contribution in [-0.4, -0.2) is 64.5 Å². The van der Waals surface area contributed by atoms with Crippen LogP contribution in [0.5, 0.6) is 0 Å². The third-order valence-electron chi connectivity index (χ3n) is 4.35. The fourth-order valence-electron chi connectivity index (χ4n) is 2.82. The molecule has 0 aliphatic carbocycles. The maximum atomic E-state index is 12.1. The fraction of sp³-hybridized carbons (Fsp3) is 0.692. The van der Waals surface area contributed by atoms with Crippen LogP contribution in [0.15, 0.2) is 15.8 Å². The summed E-state index contributed by atoms with van der Waals surface area (Å²) in [4.78, 5) is 72.8. The average Bonchev–Trinajstić information content (AvgIpc) is 3.10.